The highest BCUT2D eigenvalue weighted by Gasteiger charge is 2.27. The second-order valence-corrected chi connectivity index (χ2v) is 7.12. The maximum atomic E-state index is 12.4. The average molecular weight is 404 g/mol. The summed E-state index contributed by atoms with van der Waals surface area (Å²) in [5, 5.41) is 4.90. The van der Waals surface area contributed by atoms with Crippen molar-refractivity contribution >= 4 is 41.2 Å². The molecule has 3 rings (SSSR count). The van der Waals surface area contributed by atoms with Gasteiger partial charge in [0.05, 0.1) is 16.3 Å². The highest BCUT2D eigenvalue weighted by Crippen LogP contribution is 2.22. The van der Waals surface area contributed by atoms with Crippen molar-refractivity contribution < 1.29 is 9.59 Å². The van der Waals surface area contributed by atoms with E-state index < -0.39 is 0 Å². The second-order valence-electron chi connectivity index (χ2n) is 6.30. The van der Waals surface area contributed by atoms with E-state index in [4.69, 9.17) is 23.2 Å². The Morgan fingerprint density at radius 1 is 1.00 bits per heavy atom. The lowest BCUT2D eigenvalue weighted by Crippen LogP contribution is -2.42. The predicted molar refractivity (Wildman–Crippen MR) is 107 cm³/mol. The molecule has 1 heterocycles. The summed E-state index contributed by atoms with van der Waals surface area (Å²) < 4.78 is 0. The average Bonchev–Trinajstić information content (AvgIpc) is 2.70. The van der Waals surface area contributed by atoms with Crippen molar-refractivity contribution in [1.82, 2.24) is 10.3 Å². The van der Waals surface area contributed by atoms with Crippen molar-refractivity contribution in [2.45, 2.75) is 12.8 Å². The molecule has 5 nitrogen and oxygen atoms in total. The molecule has 0 radical (unpaired) electrons. The molecule has 1 saturated heterocycles. The molecule has 0 aliphatic carbocycles. The third-order valence-corrected chi connectivity index (χ3v) is 5.20. The van der Waals surface area contributed by atoms with Gasteiger partial charge in [0.1, 0.15) is 0 Å². The van der Waals surface area contributed by atoms with Gasteiger partial charge in [0.25, 0.3) is 5.91 Å². The number of benzene rings is 2. The first kappa shape index (κ1) is 19.4. The third kappa shape index (κ3) is 4.87. The Hall–Kier alpha value is -2.37. The van der Waals surface area contributed by atoms with Gasteiger partial charge in [-0.15, -0.1) is 0 Å². The number of rotatable bonds is 4. The summed E-state index contributed by atoms with van der Waals surface area (Å²) in [6.45, 7) is 1.09. The van der Waals surface area contributed by atoms with Crippen LogP contribution in [0.25, 0.3) is 0 Å². The molecule has 2 aromatic rings. The Bertz CT molecular complexity index is 827. The normalized spacial score (nSPS) is 15.1. The third-order valence-electron chi connectivity index (χ3n) is 4.54. The maximum absolute atomic E-state index is 12.4. The van der Waals surface area contributed by atoms with E-state index in [0.29, 0.717) is 47.1 Å². The number of piperidine rings is 1. The second kappa shape index (κ2) is 9.02. The Labute approximate surface area is 168 Å². The lowest BCUT2D eigenvalue weighted by molar-refractivity contribution is -0.126. The Morgan fingerprint density at radius 3 is 2.26 bits per heavy atom. The predicted octanol–water partition coefficient (Wildman–Crippen LogP) is 4.00. The smallest absolute Gasteiger partial charge is 0.253 e. The van der Waals surface area contributed by atoms with E-state index in [9.17, 15) is 9.59 Å². The fraction of sp³-hybridized carbons (Fsp3) is 0.250. The molecule has 0 bridgehead atoms. The molecule has 1 aliphatic rings. The number of halogens is 2. The molecule has 0 unspecified atom stereocenters. The molecule has 27 heavy (non-hydrogen) atoms. The number of amides is 2. The van der Waals surface area contributed by atoms with E-state index in [0.717, 1.165) is 0 Å². The maximum Gasteiger partial charge on any atom is 0.253 e. The van der Waals surface area contributed by atoms with E-state index in [1.165, 1.54) is 6.21 Å². The summed E-state index contributed by atoms with van der Waals surface area (Å²) in [7, 11) is 0. The number of likely N-dealkylation sites (tertiary alicyclic amines) is 1. The Kier molecular flexibility index (Phi) is 6.48. The minimum absolute atomic E-state index is 0.000778. The van der Waals surface area contributed by atoms with Gasteiger partial charge in [-0.25, -0.2) is 5.43 Å². The van der Waals surface area contributed by atoms with Gasteiger partial charge in [0.2, 0.25) is 5.91 Å². The highest BCUT2D eigenvalue weighted by atomic mass is 35.5. The fourth-order valence-electron chi connectivity index (χ4n) is 2.99. The zero-order chi connectivity index (χ0) is 19.2. The van der Waals surface area contributed by atoms with E-state index in [2.05, 4.69) is 10.5 Å². The topological polar surface area (TPSA) is 61.8 Å². The standard InChI is InChI=1S/C20H19Cl2N3O2/c21-17-7-4-8-18(22)16(17)13-23-24-19(26)14-9-11-25(12-10-14)20(27)15-5-2-1-3-6-15/h1-8,13-14H,9-12H2,(H,24,26)/b23-13-. The molecule has 0 aromatic heterocycles. The van der Waals surface area contributed by atoms with E-state index >= 15 is 0 Å². The van der Waals surface area contributed by atoms with Crippen LogP contribution in [0.1, 0.15) is 28.8 Å². The molecule has 2 amide bonds. The molecule has 140 valence electrons. The molecule has 1 fully saturated rings. The molecular formula is C20H19Cl2N3O2. The monoisotopic (exact) mass is 403 g/mol. The SMILES string of the molecule is O=C(N/N=C\c1c(Cl)cccc1Cl)C1CCN(C(=O)c2ccccc2)CC1. The van der Waals surface area contributed by atoms with Crippen LogP contribution in [0, 0.1) is 5.92 Å². The van der Waals surface area contributed by atoms with E-state index in [1.54, 1.807) is 35.2 Å². The Balaban J connectivity index is 1.51. The number of hydrogen-bond donors (Lipinski definition) is 1. The van der Waals surface area contributed by atoms with Crippen LogP contribution in [0.5, 0.6) is 0 Å². The summed E-state index contributed by atoms with van der Waals surface area (Å²) in [5.41, 5.74) is 3.77. The summed E-state index contributed by atoms with van der Waals surface area (Å²) in [6, 6.07) is 14.3. The van der Waals surface area contributed by atoms with E-state index in [1.807, 2.05) is 18.2 Å². The van der Waals surface area contributed by atoms with Crippen molar-refractivity contribution in [3.05, 3.63) is 69.7 Å². The lowest BCUT2D eigenvalue weighted by atomic mass is 9.95. The van der Waals surface area contributed by atoms with Gasteiger partial charge in [-0.05, 0) is 37.1 Å². The van der Waals surface area contributed by atoms with Crippen molar-refractivity contribution in [3.8, 4) is 0 Å². The van der Waals surface area contributed by atoms with Crippen LogP contribution >= 0.6 is 23.2 Å². The first-order valence-corrected chi connectivity index (χ1v) is 9.43. The van der Waals surface area contributed by atoms with Gasteiger partial charge in [-0.3, -0.25) is 9.59 Å². The van der Waals surface area contributed by atoms with Crippen molar-refractivity contribution in [2.24, 2.45) is 11.0 Å². The van der Waals surface area contributed by atoms with Gasteiger partial charge in [0.15, 0.2) is 0 Å². The highest BCUT2D eigenvalue weighted by molar-refractivity contribution is 6.38. The van der Waals surface area contributed by atoms with Crippen LogP contribution in [0.3, 0.4) is 0 Å². The molecule has 1 aliphatic heterocycles. The van der Waals surface area contributed by atoms with Crippen LogP contribution in [0.4, 0.5) is 0 Å². The van der Waals surface area contributed by atoms with Crippen LogP contribution in [0.2, 0.25) is 10.0 Å². The van der Waals surface area contributed by atoms with Crippen molar-refractivity contribution in [3.63, 3.8) is 0 Å². The summed E-state index contributed by atoms with van der Waals surface area (Å²) >= 11 is 12.1. The zero-order valence-corrected chi connectivity index (χ0v) is 16.1. The van der Waals surface area contributed by atoms with Gasteiger partial charge in [0, 0.05) is 30.1 Å². The summed E-state index contributed by atoms with van der Waals surface area (Å²) in [5.74, 6) is -0.342. The van der Waals surface area contributed by atoms with Crippen LogP contribution in [0.15, 0.2) is 53.6 Å². The van der Waals surface area contributed by atoms with Crippen LogP contribution in [-0.4, -0.2) is 36.0 Å². The molecular weight excluding hydrogens is 385 g/mol. The number of nitrogens with one attached hydrogen (secondary N) is 1. The first-order chi connectivity index (χ1) is 13.1. The molecule has 0 spiro atoms. The molecule has 0 atom stereocenters. The van der Waals surface area contributed by atoms with Crippen molar-refractivity contribution in [1.29, 1.82) is 0 Å². The minimum Gasteiger partial charge on any atom is -0.339 e. The van der Waals surface area contributed by atoms with E-state index in [-0.39, 0.29) is 17.7 Å². The molecule has 0 saturated carbocycles. The largest absolute Gasteiger partial charge is 0.339 e. The van der Waals surface area contributed by atoms with Crippen LogP contribution < -0.4 is 5.43 Å². The lowest BCUT2D eigenvalue weighted by Gasteiger charge is -2.31. The number of hydrazone groups is 1. The number of carbonyl (C=O) groups excluding carboxylic acids is 2. The number of hydrogen-bond acceptors (Lipinski definition) is 3. The number of nitrogens with zero attached hydrogens (tertiary/aromatic N) is 2. The summed E-state index contributed by atoms with van der Waals surface area (Å²) in [6.07, 6.45) is 2.65. The summed E-state index contributed by atoms with van der Waals surface area (Å²) in [4.78, 5) is 26.5. The van der Waals surface area contributed by atoms with Gasteiger partial charge >= 0.3 is 0 Å². The molecule has 7 heteroatoms. The van der Waals surface area contributed by atoms with Gasteiger partial charge < -0.3 is 4.90 Å². The first-order valence-electron chi connectivity index (χ1n) is 8.67. The van der Waals surface area contributed by atoms with Crippen LogP contribution in [-0.2, 0) is 4.79 Å². The van der Waals surface area contributed by atoms with Crippen molar-refractivity contribution in [2.75, 3.05) is 13.1 Å². The Morgan fingerprint density at radius 2 is 1.63 bits per heavy atom. The number of carbonyl (C=O) groups is 2. The minimum atomic E-state index is -0.177. The molecule has 1 N–H and O–H groups in total. The quantitative estimate of drug-likeness (QED) is 0.619. The van der Waals surface area contributed by atoms with Gasteiger partial charge in [-0.1, -0.05) is 47.5 Å². The fourth-order valence-corrected chi connectivity index (χ4v) is 3.49. The zero-order valence-electron chi connectivity index (χ0n) is 14.6. The van der Waals surface area contributed by atoms with Gasteiger partial charge in [-0.2, -0.15) is 5.10 Å². The molecule has 2 aromatic carbocycles.